The molecule has 4 unspecified atom stereocenters. The minimum absolute atomic E-state index is 0.389. The maximum absolute atomic E-state index is 5.78. The molecule has 1 heterocycles. The molecule has 0 aromatic carbocycles. The monoisotopic (exact) mass is 296 g/mol. The molecule has 124 valence electrons. The highest BCUT2D eigenvalue weighted by Crippen LogP contribution is 2.39. The maximum atomic E-state index is 5.78. The van der Waals surface area contributed by atoms with Gasteiger partial charge in [-0.05, 0) is 57.4 Å². The third kappa shape index (κ3) is 4.94. The minimum Gasteiger partial charge on any atom is -0.376 e. The Labute approximate surface area is 131 Å². The number of hydrogen-bond acceptors (Lipinski definition) is 3. The highest BCUT2D eigenvalue weighted by atomic mass is 16.5. The molecule has 2 fully saturated rings. The van der Waals surface area contributed by atoms with Crippen LogP contribution in [0.3, 0.4) is 0 Å². The lowest BCUT2D eigenvalue weighted by molar-refractivity contribution is -0.0603. The molecule has 1 saturated heterocycles. The largest absolute Gasteiger partial charge is 0.376 e. The fraction of sp³-hybridized carbons (Fsp3) is 1.00. The van der Waals surface area contributed by atoms with Crippen molar-refractivity contribution in [2.24, 2.45) is 11.3 Å². The van der Waals surface area contributed by atoms with Crippen molar-refractivity contribution in [3.8, 4) is 0 Å². The second-order valence-electron chi connectivity index (χ2n) is 8.17. The summed E-state index contributed by atoms with van der Waals surface area (Å²) in [6.07, 6.45) is 5.68. The molecule has 0 aromatic rings. The molecule has 1 saturated carbocycles. The van der Waals surface area contributed by atoms with Crippen LogP contribution in [0, 0.1) is 11.3 Å². The van der Waals surface area contributed by atoms with E-state index in [-0.39, 0.29) is 0 Å². The summed E-state index contributed by atoms with van der Waals surface area (Å²) >= 11 is 0. The Hall–Kier alpha value is -0.120. The molecule has 3 nitrogen and oxygen atoms in total. The van der Waals surface area contributed by atoms with E-state index in [0.29, 0.717) is 23.6 Å². The SMILES string of the molecule is CCCNC1CCC(C)(C)CC1CN1CC(C)OCC1C. The third-order valence-corrected chi connectivity index (χ3v) is 5.38. The normalized spacial score (nSPS) is 37.6. The molecule has 3 heteroatoms. The van der Waals surface area contributed by atoms with E-state index in [1.807, 2.05) is 0 Å². The zero-order valence-corrected chi connectivity index (χ0v) is 14.8. The molecular formula is C18H36N2O. The Morgan fingerprint density at radius 3 is 2.76 bits per heavy atom. The van der Waals surface area contributed by atoms with Crippen molar-refractivity contribution in [3.05, 3.63) is 0 Å². The molecule has 4 atom stereocenters. The minimum atomic E-state index is 0.389. The summed E-state index contributed by atoms with van der Waals surface area (Å²) in [6.45, 7) is 16.1. The smallest absolute Gasteiger partial charge is 0.0674 e. The Morgan fingerprint density at radius 2 is 2.05 bits per heavy atom. The average Bonchev–Trinajstić information content (AvgIpc) is 2.41. The number of rotatable bonds is 5. The van der Waals surface area contributed by atoms with E-state index in [1.54, 1.807) is 0 Å². The number of nitrogens with one attached hydrogen (secondary N) is 1. The molecule has 21 heavy (non-hydrogen) atoms. The van der Waals surface area contributed by atoms with Crippen LogP contribution < -0.4 is 5.32 Å². The Kier molecular flexibility index (Phi) is 6.10. The van der Waals surface area contributed by atoms with Gasteiger partial charge in [0.2, 0.25) is 0 Å². The molecule has 1 N–H and O–H groups in total. The second kappa shape index (κ2) is 7.43. The van der Waals surface area contributed by atoms with Crippen LogP contribution in [0.5, 0.6) is 0 Å². The van der Waals surface area contributed by atoms with E-state index in [9.17, 15) is 0 Å². The van der Waals surface area contributed by atoms with E-state index < -0.39 is 0 Å². The van der Waals surface area contributed by atoms with Crippen LogP contribution in [-0.2, 0) is 4.74 Å². The molecule has 0 bridgehead atoms. The number of hydrogen-bond donors (Lipinski definition) is 1. The lowest BCUT2D eigenvalue weighted by atomic mass is 9.69. The molecular weight excluding hydrogens is 260 g/mol. The first-order chi connectivity index (χ1) is 9.91. The van der Waals surface area contributed by atoms with Crippen LogP contribution in [0.2, 0.25) is 0 Å². The van der Waals surface area contributed by atoms with Crippen molar-refractivity contribution in [1.82, 2.24) is 10.2 Å². The van der Waals surface area contributed by atoms with Crippen molar-refractivity contribution in [3.63, 3.8) is 0 Å². The van der Waals surface area contributed by atoms with Crippen LogP contribution in [-0.4, -0.2) is 49.3 Å². The third-order valence-electron chi connectivity index (χ3n) is 5.38. The first-order valence-electron chi connectivity index (χ1n) is 9.00. The zero-order chi connectivity index (χ0) is 15.5. The summed E-state index contributed by atoms with van der Waals surface area (Å²) in [7, 11) is 0. The van der Waals surface area contributed by atoms with Gasteiger partial charge in [0, 0.05) is 25.2 Å². The summed E-state index contributed by atoms with van der Waals surface area (Å²) in [6, 6.07) is 1.28. The standard InChI is InChI=1S/C18H36N2O/c1-6-9-19-17-7-8-18(4,5)10-16(17)12-20-11-15(3)21-13-14(20)2/h14-17,19H,6-13H2,1-5H3. The van der Waals surface area contributed by atoms with E-state index in [0.717, 1.165) is 25.6 Å². The van der Waals surface area contributed by atoms with E-state index >= 15 is 0 Å². The van der Waals surface area contributed by atoms with Crippen molar-refractivity contribution in [2.75, 3.05) is 26.2 Å². The van der Waals surface area contributed by atoms with Gasteiger partial charge < -0.3 is 10.1 Å². The van der Waals surface area contributed by atoms with Crippen molar-refractivity contribution in [1.29, 1.82) is 0 Å². The van der Waals surface area contributed by atoms with Gasteiger partial charge in [-0.25, -0.2) is 0 Å². The van der Waals surface area contributed by atoms with Crippen LogP contribution in [0.25, 0.3) is 0 Å². The zero-order valence-electron chi connectivity index (χ0n) is 14.8. The average molecular weight is 296 g/mol. The summed E-state index contributed by atoms with van der Waals surface area (Å²) in [5.74, 6) is 0.785. The molecule has 1 aliphatic heterocycles. The van der Waals surface area contributed by atoms with Crippen LogP contribution in [0.15, 0.2) is 0 Å². The lowest BCUT2D eigenvalue weighted by Gasteiger charge is -2.45. The maximum Gasteiger partial charge on any atom is 0.0674 e. The molecule has 0 amide bonds. The van der Waals surface area contributed by atoms with Gasteiger partial charge in [0.05, 0.1) is 12.7 Å². The van der Waals surface area contributed by atoms with Gasteiger partial charge in [0.15, 0.2) is 0 Å². The van der Waals surface area contributed by atoms with Gasteiger partial charge in [0.1, 0.15) is 0 Å². The Balaban J connectivity index is 1.97. The van der Waals surface area contributed by atoms with E-state index in [2.05, 4.69) is 44.8 Å². The van der Waals surface area contributed by atoms with E-state index in [1.165, 1.54) is 32.2 Å². The number of morpholine rings is 1. The lowest BCUT2D eigenvalue weighted by Crippen LogP contribution is -2.53. The molecule has 0 spiro atoms. The molecule has 2 aliphatic rings. The quantitative estimate of drug-likeness (QED) is 0.842. The number of ether oxygens (including phenoxy) is 1. The van der Waals surface area contributed by atoms with Crippen LogP contribution >= 0.6 is 0 Å². The van der Waals surface area contributed by atoms with Gasteiger partial charge in [0.25, 0.3) is 0 Å². The summed E-state index contributed by atoms with van der Waals surface area (Å²) in [4.78, 5) is 2.67. The van der Waals surface area contributed by atoms with Gasteiger partial charge in [-0.3, -0.25) is 4.90 Å². The molecule has 0 aromatic heterocycles. The van der Waals surface area contributed by atoms with Crippen molar-refractivity contribution < 1.29 is 4.74 Å². The van der Waals surface area contributed by atoms with Crippen LogP contribution in [0.1, 0.15) is 60.3 Å². The first-order valence-corrected chi connectivity index (χ1v) is 9.00. The number of nitrogens with zero attached hydrogens (tertiary/aromatic N) is 1. The summed E-state index contributed by atoms with van der Waals surface area (Å²) in [5.41, 5.74) is 0.510. The fourth-order valence-corrected chi connectivity index (χ4v) is 4.05. The second-order valence-corrected chi connectivity index (χ2v) is 8.17. The van der Waals surface area contributed by atoms with Gasteiger partial charge in [-0.15, -0.1) is 0 Å². The highest BCUT2D eigenvalue weighted by Gasteiger charge is 2.36. The summed E-state index contributed by atoms with van der Waals surface area (Å²) in [5, 5.41) is 3.82. The fourth-order valence-electron chi connectivity index (χ4n) is 4.05. The topological polar surface area (TPSA) is 24.5 Å². The van der Waals surface area contributed by atoms with E-state index in [4.69, 9.17) is 4.74 Å². The highest BCUT2D eigenvalue weighted by molar-refractivity contribution is 4.91. The molecule has 2 rings (SSSR count). The van der Waals surface area contributed by atoms with Crippen LogP contribution in [0.4, 0.5) is 0 Å². The Bertz CT molecular complexity index is 318. The summed E-state index contributed by atoms with van der Waals surface area (Å²) < 4.78 is 5.78. The molecule has 0 radical (unpaired) electrons. The van der Waals surface area contributed by atoms with Crippen molar-refractivity contribution in [2.45, 2.75) is 78.5 Å². The predicted molar refractivity (Wildman–Crippen MR) is 89.7 cm³/mol. The van der Waals surface area contributed by atoms with Gasteiger partial charge in [-0.2, -0.15) is 0 Å². The predicted octanol–water partition coefficient (Wildman–Crippen LogP) is 3.29. The first kappa shape index (κ1) is 17.2. The Morgan fingerprint density at radius 1 is 1.29 bits per heavy atom. The van der Waals surface area contributed by atoms with Crippen molar-refractivity contribution >= 4 is 0 Å². The van der Waals surface area contributed by atoms with Gasteiger partial charge in [-0.1, -0.05) is 20.8 Å². The molecule has 1 aliphatic carbocycles. The van der Waals surface area contributed by atoms with Gasteiger partial charge >= 0.3 is 0 Å².